The predicted molar refractivity (Wildman–Crippen MR) is 81.7 cm³/mol. The van der Waals surface area contributed by atoms with Crippen LogP contribution in [0.4, 0.5) is 4.79 Å². The summed E-state index contributed by atoms with van der Waals surface area (Å²) in [6, 6.07) is 8.16. The molecule has 0 heterocycles. The second-order valence-corrected chi connectivity index (χ2v) is 5.58. The van der Waals surface area contributed by atoms with Gasteiger partial charge in [0.15, 0.2) is 5.78 Å². The average molecular weight is 292 g/mol. The van der Waals surface area contributed by atoms with E-state index >= 15 is 0 Å². The van der Waals surface area contributed by atoms with Crippen molar-refractivity contribution in [3.63, 3.8) is 0 Å². The molecule has 1 unspecified atom stereocenters. The summed E-state index contributed by atoms with van der Waals surface area (Å²) in [5, 5.41) is 2.61. The first-order valence-electron chi connectivity index (χ1n) is 7.16. The van der Waals surface area contributed by atoms with Gasteiger partial charge in [-0.1, -0.05) is 44.2 Å². The van der Waals surface area contributed by atoms with Crippen molar-refractivity contribution >= 4 is 11.9 Å². The summed E-state index contributed by atoms with van der Waals surface area (Å²) in [6.45, 7) is 5.76. The summed E-state index contributed by atoms with van der Waals surface area (Å²) in [5.41, 5.74) is 6.51. The Kier molecular flexibility index (Phi) is 6.88. The summed E-state index contributed by atoms with van der Waals surface area (Å²) in [5.74, 6) is 0.0903. The molecule has 0 fully saturated rings. The van der Waals surface area contributed by atoms with Gasteiger partial charge in [0.25, 0.3) is 0 Å². The molecule has 0 aliphatic rings. The Hall–Kier alpha value is -1.88. The third-order valence-corrected chi connectivity index (χ3v) is 3.00. The Morgan fingerprint density at radius 1 is 1.19 bits per heavy atom. The maximum Gasteiger partial charge on any atom is 0.408 e. The van der Waals surface area contributed by atoms with Gasteiger partial charge in [0.05, 0.1) is 12.1 Å². The molecule has 1 amide bonds. The number of carbonyl (C=O) groups excluding carboxylic acids is 2. The fourth-order valence-electron chi connectivity index (χ4n) is 1.94. The Morgan fingerprint density at radius 2 is 1.81 bits per heavy atom. The van der Waals surface area contributed by atoms with Crippen molar-refractivity contribution < 1.29 is 14.3 Å². The second kappa shape index (κ2) is 8.42. The molecule has 0 saturated heterocycles. The van der Waals surface area contributed by atoms with E-state index in [1.165, 1.54) is 0 Å². The van der Waals surface area contributed by atoms with Crippen molar-refractivity contribution in [2.45, 2.75) is 45.9 Å². The van der Waals surface area contributed by atoms with Gasteiger partial charge in [0, 0.05) is 0 Å². The number of hydrogen-bond acceptors (Lipinski definition) is 4. The Morgan fingerprint density at radius 3 is 2.33 bits per heavy atom. The van der Waals surface area contributed by atoms with Crippen LogP contribution in [-0.2, 0) is 16.1 Å². The number of benzene rings is 1. The fourth-order valence-corrected chi connectivity index (χ4v) is 1.94. The monoisotopic (exact) mass is 292 g/mol. The lowest BCUT2D eigenvalue weighted by molar-refractivity contribution is -0.122. The summed E-state index contributed by atoms with van der Waals surface area (Å²) < 4.78 is 5.13. The summed E-state index contributed by atoms with van der Waals surface area (Å²) in [4.78, 5) is 23.8. The Labute approximate surface area is 125 Å². The number of Topliss-reactive ketones (excluding diaryl/α,β-unsaturated/α-hetero) is 1. The van der Waals surface area contributed by atoms with Crippen molar-refractivity contribution in [1.29, 1.82) is 0 Å². The highest BCUT2D eigenvalue weighted by Crippen LogP contribution is 2.08. The molecule has 1 aromatic carbocycles. The van der Waals surface area contributed by atoms with Gasteiger partial charge in [-0.3, -0.25) is 4.79 Å². The van der Waals surface area contributed by atoms with E-state index in [0.29, 0.717) is 6.42 Å². The zero-order chi connectivity index (χ0) is 15.8. The first-order chi connectivity index (χ1) is 9.90. The van der Waals surface area contributed by atoms with Crippen molar-refractivity contribution in [3.8, 4) is 0 Å². The van der Waals surface area contributed by atoms with Crippen LogP contribution in [-0.4, -0.2) is 24.0 Å². The van der Waals surface area contributed by atoms with Crippen LogP contribution in [0, 0.1) is 5.92 Å². The fraction of sp³-hybridized carbons (Fsp3) is 0.500. The molecular formula is C16H24N2O3. The first-order valence-corrected chi connectivity index (χ1v) is 7.16. The smallest absolute Gasteiger partial charge is 0.408 e. The highest BCUT2D eigenvalue weighted by atomic mass is 16.5. The van der Waals surface area contributed by atoms with Gasteiger partial charge in [-0.05, 0) is 24.8 Å². The van der Waals surface area contributed by atoms with Crippen molar-refractivity contribution in [2.75, 3.05) is 0 Å². The van der Waals surface area contributed by atoms with Gasteiger partial charge in [-0.25, -0.2) is 4.79 Å². The molecule has 116 valence electrons. The van der Waals surface area contributed by atoms with Crippen LogP contribution in [0.5, 0.6) is 0 Å². The van der Waals surface area contributed by atoms with E-state index in [1.54, 1.807) is 6.92 Å². The molecule has 1 rings (SSSR count). The molecule has 0 aromatic heterocycles. The van der Waals surface area contributed by atoms with Gasteiger partial charge < -0.3 is 15.8 Å². The average Bonchev–Trinajstić information content (AvgIpc) is 2.44. The molecule has 0 bridgehead atoms. The number of rotatable bonds is 7. The molecule has 21 heavy (non-hydrogen) atoms. The predicted octanol–water partition coefficient (Wildman–Crippen LogP) is 2.24. The lowest BCUT2D eigenvalue weighted by atomic mass is 9.97. The van der Waals surface area contributed by atoms with E-state index < -0.39 is 18.2 Å². The van der Waals surface area contributed by atoms with Gasteiger partial charge in [-0.2, -0.15) is 0 Å². The van der Waals surface area contributed by atoms with Crippen molar-refractivity contribution in [2.24, 2.45) is 11.7 Å². The lowest BCUT2D eigenvalue weighted by Crippen LogP contribution is -2.47. The van der Waals surface area contributed by atoms with Gasteiger partial charge in [0.2, 0.25) is 0 Å². The minimum Gasteiger partial charge on any atom is -0.445 e. The van der Waals surface area contributed by atoms with E-state index in [2.05, 4.69) is 5.32 Å². The number of nitrogens with two attached hydrogens (primary N) is 1. The lowest BCUT2D eigenvalue weighted by Gasteiger charge is -2.20. The van der Waals surface area contributed by atoms with E-state index in [1.807, 2.05) is 44.2 Å². The molecule has 0 saturated carbocycles. The molecule has 0 radical (unpaired) electrons. The van der Waals surface area contributed by atoms with Crippen LogP contribution in [0.15, 0.2) is 30.3 Å². The standard InChI is InChI=1S/C16H24N2O3/c1-11(2)9-14(15(19)12(3)17)18-16(20)21-10-13-7-5-4-6-8-13/h4-8,11-12,14H,9-10,17H2,1-3H3,(H,18,20)/t12-,14?/m0/s1. The molecule has 0 spiro atoms. The van der Waals surface area contributed by atoms with E-state index in [4.69, 9.17) is 10.5 Å². The Balaban J connectivity index is 2.53. The summed E-state index contributed by atoms with van der Waals surface area (Å²) >= 11 is 0. The molecule has 3 N–H and O–H groups in total. The topological polar surface area (TPSA) is 81.4 Å². The molecule has 0 aliphatic carbocycles. The summed E-state index contributed by atoms with van der Waals surface area (Å²) in [7, 11) is 0. The van der Waals surface area contributed by atoms with Crippen molar-refractivity contribution in [3.05, 3.63) is 35.9 Å². The third-order valence-electron chi connectivity index (χ3n) is 3.00. The van der Waals surface area contributed by atoms with Gasteiger partial charge >= 0.3 is 6.09 Å². The number of ether oxygens (including phenoxy) is 1. The SMILES string of the molecule is CC(C)CC(NC(=O)OCc1ccccc1)C(=O)[C@H](C)N. The quantitative estimate of drug-likeness (QED) is 0.807. The van der Waals surface area contributed by atoms with Gasteiger partial charge in [0.1, 0.15) is 6.61 Å². The number of amides is 1. The first kappa shape index (κ1) is 17.2. The second-order valence-electron chi connectivity index (χ2n) is 5.58. The zero-order valence-corrected chi connectivity index (χ0v) is 12.8. The minimum atomic E-state index is -0.608. The molecule has 2 atom stereocenters. The largest absolute Gasteiger partial charge is 0.445 e. The number of ketones is 1. The molecule has 1 aromatic rings. The highest BCUT2D eigenvalue weighted by molar-refractivity contribution is 5.91. The van der Waals surface area contributed by atoms with Gasteiger partial charge in [-0.15, -0.1) is 0 Å². The van der Waals surface area contributed by atoms with Crippen LogP contribution >= 0.6 is 0 Å². The van der Waals surface area contributed by atoms with Crippen LogP contribution < -0.4 is 11.1 Å². The third kappa shape index (κ3) is 6.40. The maximum absolute atomic E-state index is 12.0. The van der Waals surface area contributed by atoms with E-state index in [9.17, 15) is 9.59 Å². The van der Waals surface area contributed by atoms with Crippen molar-refractivity contribution in [1.82, 2.24) is 5.32 Å². The van der Waals surface area contributed by atoms with E-state index in [-0.39, 0.29) is 18.3 Å². The molecule has 5 heteroatoms. The van der Waals surface area contributed by atoms with Crippen LogP contribution in [0.1, 0.15) is 32.8 Å². The molecule has 5 nitrogen and oxygen atoms in total. The maximum atomic E-state index is 12.0. The normalized spacial score (nSPS) is 13.6. The highest BCUT2D eigenvalue weighted by Gasteiger charge is 2.24. The van der Waals surface area contributed by atoms with Crippen LogP contribution in [0.2, 0.25) is 0 Å². The van der Waals surface area contributed by atoms with Crippen LogP contribution in [0.3, 0.4) is 0 Å². The molecular weight excluding hydrogens is 268 g/mol. The summed E-state index contributed by atoms with van der Waals surface area (Å²) in [6.07, 6.45) is -0.0561. The van der Waals surface area contributed by atoms with Crippen LogP contribution in [0.25, 0.3) is 0 Å². The number of carbonyl (C=O) groups is 2. The van der Waals surface area contributed by atoms with E-state index in [0.717, 1.165) is 5.56 Å². The Bertz CT molecular complexity index is 458. The number of alkyl carbamates (subject to hydrolysis) is 1. The number of nitrogens with one attached hydrogen (secondary N) is 1. The minimum absolute atomic E-state index is 0.174. The molecule has 0 aliphatic heterocycles. The number of hydrogen-bond donors (Lipinski definition) is 2. The zero-order valence-electron chi connectivity index (χ0n) is 12.8.